The first-order chi connectivity index (χ1) is 16.2. The van der Waals surface area contributed by atoms with Gasteiger partial charge in [-0.2, -0.15) is 0 Å². The van der Waals surface area contributed by atoms with E-state index in [2.05, 4.69) is 28.9 Å². The van der Waals surface area contributed by atoms with Crippen molar-refractivity contribution in [2.45, 2.75) is 27.2 Å². The summed E-state index contributed by atoms with van der Waals surface area (Å²) in [5, 5.41) is 2.48. The fourth-order valence-corrected chi connectivity index (χ4v) is 4.31. The highest BCUT2D eigenvalue weighted by atomic mass is 35.5. The molecule has 3 aromatic rings. The molecule has 4 amide bonds. The van der Waals surface area contributed by atoms with Crippen molar-refractivity contribution in [1.29, 1.82) is 0 Å². The Bertz CT molecular complexity index is 1340. The Kier molecular flexibility index (Phi) is 6.30. The van der Waals surface area contributed by atoms with E-state index in [-0.39, 0.29) is 16.3 Å². The second kappa shape index (κ2) is 9.19. The van der Waals surface area contributed by atoms with E-state index in [1.807, 2.05) is 32.0 Å². The van der Waals surface area contributed by atoms with Crippen molar-refractivity contribution in [1.82, 2.24) is 9.88 Å². The summed E-state index contributed by atoms with van der Waals surface area (Å²) in [5.41, 5.74) is 4.83. The predicted molar refractivity (Wildman–Crippen MR) is 132 cm³/mol. The molecular weight excluding hydrogens is 454 g/mol. The van der Waals surface area contributed by atoms with E-state index >= 15 is 0 Å². The van der Waals surface area contributed by atoms with E-state index in [1.165, 1.54) is 30.9 Å². The van der Waals surface area contributed by atoms with Gasteiger partial charge in [0.25, 0.3) is 11.8 Å². The van der Waals surface area contributed by atoms with Crippen LogP contribution in [0.3, 0.4) is 0 Å². The summed E-state index contributed by atoms with van der Waals surface area (Å²) < 4.78 is 7.19. The number of benzene rings is 2. The average molecular weight is 478 g/mol. The van der Waals surface area contributed by atoms with Crippen LogP contribution >= 0.6 is 11.6 Å². The lowest BCUT2D eigenvalue weighted by molar-refractivity contribution is -0.122. The van der Waals surface area contributed by atoms with Crippen LogP contribution in [0.25, 0.3) is 11.8 Å². The van der Waals surface area contributed by atoms with Gasteiger partial charge in [0.2, 0.25) is 0 Å². The number of barbiturate groups is 1. The molecule has 1 aliphatic heterocycles. The third-order valence-electron chi connectivity index (χ3n) is 5.87. The SMILES string of the molecule is CCc1ccc(-n2c(C)cc(/C=C3/C(=O)NC(=O)N(c4ccc(OC)c(Cl)c4)C3=O)c2C)cc1. The molecule has 0 spiro atoms. The van der Waals surface area contributed by atoms with Gasteiger partial charge in [0, 0.05) is 17.1 Å². The van der Waals surface area contributed by atoms with Gasteiger partial charge in [-0.05, 0) is 73.9 Å². The molecule has 1 aliphatic rings. The third-order valence-corrected chi connectivity index (χ3v) is 6.16. The summed E-state index contributed by atoms with van der Waals surface area (Å²) in [5.74, 6) is -1.07. The number of hydrogen-bond donors (Lipinski definition) is 1. The second-order valence-electron chi connectivity index (χ2n) is 7.96. The summed E-state index contributed by atoms with van der Waals surface area (Å²) in [4.78, 5) is 39.3. The molecule has 2 heterocycles. The molecule has 0 bridgehead atoms. The molecule has 4 rings (SSSR count). The summed E-state index contributed by atoms with van der Waals surface area (Å²) >= 11 is 6.18. The van der Waals surface area contributed by atoms with Crippen LogP contribution in [0.5, 0.6) is 5.75 Å². The zero-order chi connectivity index (χ0) is 24.6. The Morgan fingerprint density at radius 1 is 1.00 bits per heavy atom. The number of ether oxygens (including phenoxy) is 1. The molecule has 0 aliphatic carbocycles. The number of methoxy groups -OCH3 is 1. The lowest BCUT2D eigenvalue weighted by Crippen LogP contribution is -2.54. The van der Waals surface area contributed by atoms with Crippen molar-refractivity contribution in [3.05, 3.63) is 81.6 Å². The number of halogens is 1. The first-order valence-electron chi connectivity index (χ1n) is 10.8. The van der Waals surface area contributed by atoms with Crippen LogP contribution in [0.15, 0.2) is 54.1 Å². The van der Waals surface area contributed by atoms with E-state index in [9.17, 15) is 14.4 Å². The number of aromatic nitrogens is 1. The van der Waals surface area contributed by atoms with Crippen LogP contribution in [0.1, 0.15) is 29.4 Å². The maximum Gasteiger partial charge on any atom is 0.335 e. The highest BCUT2D eigenvalue weighted by Crippen LogP contribution is 2.31. The van der Waals surface area contributed by atoms with Gasteiger partial charge in [0.1, 0.15) is 11.3 Å². The monoisotopic (exact) mass is 477 g/mol. The molecule has 0 saturated carbocycles. The number of aryl methyl sites for hydroxylation is 2. The standard InChI is InChI=1S/C26H24ClN3O4/c1-5-17-6-8-19(9-7-17)29-15(2)12-18(16(29)3)13-21-24(31)28-26(33)30(25(21)32)20-10-11-23(34-4)22(27)14-20/h6-14H,5H2,1-4H3,(H,28,31,33)/b21-13-. The summed E-state index contributed by atoms with van der Waals surface area (Å²) in [6.07, 6.45) is 2.47. The Labute approximate surface area is 202 Å². The van der Waals surface area contributed by atoms with Gasteiger partial charge in [-0.15, -0.1) is 0 Å². The minimum Gasteiger partial charge on any atom is -0.495 e. The number of carbonyl (C=O) groups excluding carboxylic acids is 3. The first-order valence-corrected chi connectivity index (χ1v) is 11.2. The van der Waals surface area contributed by atoms with Gasteiger partial charge < -0.3 is 9.30 Å². The number of anilines is 1. The van der Waals surface area contributed by atoms with Crippen LogP contribution < -0.4 is 15.0 Å². The molecule has 8 heteroatoms. The van der Waals surface area contributed by atoms with Crippen molar-refractivity contribution in [2.24, 2.45) is 0 Å². The van der Waals surface area contributed by atoms with Crippen LogP contribution in [0.2, 0.25) is 5.02 Å². The fraction of sp³-hybridized carbons (Fsp3) is 0.192. The number of amides is 4. The highest BCUT2D eigenvalue weighted by Gasteiger charge is 2.37. The van der Waals surface area contributed by atoms with Crippen molar-refractivity contribution in [3.8, 4) is 11.4 Å². The van der Waals surface area contributed by atoms with Gasteiger partial charge in [-0.1, -0.05) is 30.7 Å². The fourth-order valence-electron chi connectivity index (χ4n) is 4.05. The molecular formula is C26H24ClN3O4. The maximum absolute atomic E-state index is 13.3. The van der Waals surface area contributed by atoms with Crippen LogP contribution in [-0.4, -0.2) is 29.5 Å². The van der Waals surface area contributed by atoms with E-state index in [1.54, 1.807) is 6.07 Å². The topological polar surface area (TPSA) is 80.6 Å². The van der Waals surface area contributed by atoms with E-state index < -0.39 is 17.8 Å². The summed E-state index contributed by atoms with van der Waals surface area (Å²) in [7, 11) is 1.47. The van der Waals surface area contributed by atoms with Gasteiger partial charge in [0.05, 0.1) is 17.8 Å². The number of rotatable bonds is 5. The number of hydrogen-bond acceptors (Lipinski definition) is 4. The summed E-state index contributed by atoms with van der Waals surface area (Å²) in [6.45, 7) is 5.98. The van der Waals surface area contributed by atoms with Crippen molar-refractivity contribution < 1.29 is 19.1 Å². The van der Waals surface area contributed by atoms with Crippen LogP contribution in [0.4, 0.5) is 10.5 Å². The van der Waals surface area contributed by atoms with E-state index in [4.69, 9.17) is 16.3 Å². The molecule has 1 aromatic heterocycles. The Hall–Kier alpha value is -3.84. The van der Waals surface area contributed by atoms with Gasteiger partial charge in [0.15, 0.2) is 0 Å². The van der Waals surface area contributed by atoms with Crippen molar-refractivity contribution in [3.63, 3.8) is 0 Å². The molecule has 1 N–H and O–H groups in total. The zero-order valence-corrected chi connectivity index (χ0v) is 20.1. The Morgan fingerprint density at radius 3 is 2.29 bits per heavy atom. The maximum atomic E-state index is 13.3. The Morgan fingerprint density at radius 2 is 1.68 bits per heavy atom. The number of nitrogens with one attached hydrogen (secondary N) is 1. The second-order valence-corrected chi connectivity index (χ2v) is 8.37. The van der Waals surface area contributed by atoms with E-state index in [0.29, 0.717) is 11.3 Å². The van der Waals surface area contributed by atoms with Gasteiger partial charge in [-0.25, -0.2) is 9.69 Å². The predicted octanol–water partition coefficient (Wildman–Crippen LogP) is 4.98. The summed E-state index contributed by atoms with van der Waals surface area (Å²) in [6, 6.07) is 13.8. The lowest BCUT2D eigenvalue weighted by Gasteiger charge is -2.26. The Balaban J connectivity index is 1.73. The molecule has 0 atom stereocenters. The molecule has 0 radical (unpaired) electrons. The first kappa shape index (κ1) is 23.3. The van der Waals surface area contributed by atoms with Gasteiger partial charge >= 0.3 is 6.03 Å². The molecule has 34 heavy (non-hydrogen) atoms. The minimum atomic E-state index is -0.838. The molecule has 2 aromatic carbocycles. The molecule has 1 fully saturated rings. The number of urea groups is 1. The zero-order valence-electron chi connectivity index (χ0n) is 19.3. The normalized spacial score (nSPS) is 15.1. The number of carbonyl (C=O) groups is 3. The van der Waals surface area contributed by atoms with E-state index in [0.717, 1.165) is 28.4 Å². The smallest absolute Gasteiger partial charge is 0.335 e. The highest BCUT2D eigenvalue weighted by molar-refractivity contribution is 6.39. The molecule has 1 saturated heterocycles. The molecule has 7 nitrogen and oxygen atoms in total. The molecule has 174 valence electrons. The number of imide groups is 2. The number of nitrogens with zero attached hydrogens (tertiary/aromatic N) is 2. The van der Waals surface area contributed by atoms with Crippen LogP contribution in [0, 0.1) is 13.8 Å². The lowest BCUT2D eigenvalue weighted by atomic mass is 10.1. The minimum absolute atomic E-state index is 0.145. The molecule has 0 unspecified atom stereocenters. The third kappa shape index (κ3) is 4.10. The van der Waals surface area contributed by atoms with Gasteiger partial charge in [-0.3, -0.25) is 14.9 Å². The van der Waals surface area contributed by atoms with Crippen LogP contribution in [-0.2, 0) is 16.0 Å². The van der Waals surface area contributed by atoms with Crippen molar-refractivity contribution >= 4 is 41.2 Å². The quantitative estimate of drug-likeness (QED) is 0.415. The van der Waals surface area contributed by atoms with Crippen molar-refractivity contribution in [2.75, 3.05) is 12.0 Å². The average Bonchev–Trinajstić information content (AvgIpc) is 3.09. The largest absolute Gasteiger partial charge is 0.495 e.